The number of hydrogen-bond donors (Lipinski definition) is 2. The lowest BCUT2D eigenvalue weighted by Crippen LogP contribution is -2.27. The number of nitrogens with one attached hydrogen (secondary N) is 2. The van der Waals surface area contributed by atoms with Gasteiger partial charge in [-0.1, -0.05) is 0 Å². The van der Waals surface area contributed by atoms with E-state index in [1.54, 1.807) is 17.1 Å². The first kappa shape index (κ1) is 12.3. The van der Waals surface area contributed by atoms with E-state index in [9.17, 15) is 4.79 Å². The summed E-state index contributed by atoms with van der Waals surface area (Å²) in [6, 6.07) is 0. The lowest BCUT2D eigenvalue weighted by molar-refractivity contribution is 0.0946. The first-order chi connectivity index (χ1) is 8.16. The molecular weight excluding hydrogens is 354 g/mol. The van der Waals surface area contributed by atoms with Gasteiger partial charge in [0, 0.05) is 12.7 Å². The van der Waals surface area contributed by atoms with Crippen molar-refractivity contribution in [2.75, 3.05) is 6.54 Å². The molecule has 0 aliphatic rings. The Balaban J connectivity index is 1.83. The van der Waals surface area contributed by atoms with E-state index in [-0.39, 0.29) is 5.91 Å². The van der Waals surface area contributed by atoms with Crippen LogP contribution in [-0.4, -0.2) is 32.4 Å². The van der Waals surface area contributed by atoms with Gasteiger partial charge in [-0.2, -0.15) is 10.2 Å². The van der Waals surface area contributed by atoms with Crippen molar-refractivity contribution in [3.05, 3.63) is 33.2 Å². The molecule has 0 saturated heterocycles. The van der Waals surface area contributed by atoms with E-state index in [0.717, 1.165) is 4.47 Å². The average molecular weight is 363 g/mol. The summed E-state index contributed by atoms with van der Waals surface area (Å²) in [5, 5.41) is 13.2. The van der Waals surface area contributed by atoms with E-state index in [0.29, 0.717) is 23.3 Å². The molecule has 0 unspecified atom stereocenters. The summed E-state index contributed by atoms with van der Waals surface area (Å²) in [6.07, 6.45) is 5.09. The number of aromatic amines is 1. The zero-order valence-corrected chi connectivity index (χ0v) is 11.8. The van der Waals surface area contributed by atoms with Crippen LogP contribution in [0.1, 0.15) is 10.5 Å². The summed E-state index contributed by atoms with van der Waals surface area (Å²) < 4.78 is 3.31. The summed E-state index contributed by atoms with van der Waals surface area (Å²) in [5.41, 5.74) is 0.423. The molecule has 1 amide bonds. The van der Waals surface area contributed by atoms with Gasteiger partial charge in [0.15, 0.2) is 0 Å². The number of nitrogens with zero attached hydrogens (tertiary/aromatic N) is 3. The Labute approximate surface area is 114 Å². The van der Waals surface area contributed by atoms with E-state index >= 15 is 0 Å². The third-order valence-corrected chi connectivity index (χ3v) is 3.06. The van der Waals surface area contributed by atoms with Crippen LogP contribution < -0.4 is 5.32 Å². The van der Waals surface area contributed by atoms with Gasteiger partial charge >= 0.3 is 0 Å². The van der Waals surface area contributed by atoms with Crippen molar-refractivity contribution in [3.8, 4) is 0 Å². The van der Waals surface area contributed by atoms with E-state index in [1.165, 1.54) is 0 Å². The zero-order valence-electron chi connectivity index (χ0n) is 8.65. The maximum absolute atomic E-state index is 11.7. The van der Waals surface area contributed by atoms with Crippen LogP contribution in [0.5, 0.6) is 0 Å². The van der Waals surface area contributed by atoms with Crippen LogP contribution in [0.3, 0.4) is 0 Å². The highest BCUT2D eigenvalue weighted by atomic mass is 79.9. The minimum atomic E-state index is -0.194. The van der Waals surface area contributed by atoms with Crippen LogP contribution in [0.2, 0.25) is 0 Å². The van der Waals surface area contributed by atoms with Crippen LogP contribution in [0.25, 0.3) is 0 Å². The van der Waals surface area contributed by atoms with E-state index in [2.05, 4.69) is 52.5 Å². The highest BCUT2D eigenvalue weighted by Crippen LogP contribution is 2.11. The Morgan fingerprint density at radius 2 is 2.29 bits per heavy atom. The van der Waals surface area contributed by atoms with Gasteiger partial charge in [-0.15, -0.1) is 0 Å². The van der Waals surface area contributed by atoms with Crippen molar-refractivity contribution < 1.29 is 4.79 Å². The molecule has 2 aromatic heterocycles. The Morgan fingerprint density at radius 3 is 2.88 bits per heavy atom. The second-order valence-electron chi connectivity index (χ2n) is 3.27. The molecule has 6 nitrogen and oxygen atoms in total. The van der Waals surface area contributed by atoms with Gasteiger partial charge in [0.05, 0.1) is 27.9 Å². The Kier molecular flexibility index (Phi) is 3.95. The van der Waals surface area contributed by atoms with Crippen LogP contribution in [0, 0.1) is 0 Å². The van der Waals surface area contributed by atoms with E-state index < -0.39 is 0 Å². The molecule has 0 aromatic carbocycles. The smallest absolute Gasteiger partial charge is 0.270 e. The largest absolute Gasteiger partial charge is 0.349 e. The predicted molar refractivity (Wildman–Crippen MR) is 68.5 cm³/mol. The van der Waals surface area contributed by atoms with Gasteiger partial charge in [-0.3, -0.25) is 14.6 Å². The zero-order chi connectivity index (χ0) is 12.3. The Morgan fingerprint density at radius 1 is 1.47 bits per heavy atom. The first-order valence-corrected chi connectivity index (χ1v) is 6.40. The number of carbonyl (C=O) groups excluding carboxylic acids is 1. The number of rotatable bonds is 4. The standard InChI is InChI=1S/C9H9Br2N5O/c10-6-3-14-16(5-6)2-1-12-9(17)8-7(11)4-13-15-8/h3-5H,1-2H2,(H,12,17)(H,13,15). The maximum atomic E-state index is 11.7. The minimum absolute atomic E-state index is 0.194. The van der Waals surface area contributed by atoms with E-state index in [4.69, 9.17) is 0 Å². The van der Waals surface area contributed by atoms with Gasteiger partial charge in [0.25, 0.3) is 5.91 Å². The van der Waals surface area contributed by atoms with Crippen molar-refractivity contribution in [3.63, 3.8) is 0 Å². The lowest BCUT2D eigenvalue weighted by atomic mass is 10.4. The highest BCUT2D eigenvalue weighted by molar-refractivity contribution is 9.10. The topological polar surface area (TPSA) is 75.6 Å². The molecule has 0 atom stereocenters. The molecule has 0 radical (unpaired) electrons. The quantitative estimate of drug-likeness (QED) is 0.866. The molecule has 2 rings (SSSR count). The summed E-state index contributed by atoms with van der Waals surface area (Å²) in [6.45, 7) is 1.11. The SMILES string of the molecule is O=C(NCCn1cc(Br)cn1)c1[nH]ncc1Br. The minimum Gasteiger partial charge on any atom is -0.349 e. The molecule has 0 saturated carbocycles. The molecule has 17 heavy (non-hydrogen) atoms. The lowest BCUT2D eigenvalue weighted by Gasteiger charge is -2.04. The molecule has 0 fully saturated rings. The van der Waals surface area contributed by atoms with Gasteiger partial charge in [0.1, 0.15) is 5.69 Å². The number of halogens is 2. The first-order valence-electron chi connectivity index (χ1n) is 4.82. The molecule has 2 aromatic rings. The molecule has 90 valence electrons. The van der Waals surface area contributed by atoms with Crippen LogP contribution >= 0.6 is 31.9 Å². The molecule has 0 aliphatic heterocycles. The predicted octanol–water partition coefficient (Wildman–Crippen LogP) is 1.56. The number of hydrogen-bond acceptors (Lipinski definition) is 3. The third kappa shape index (κ3) is 3.16. The van der Waals surface area contributed by atoms with Crippen molar-refractivity contribution >= 4 is 37.8 Å². The second-order valence-corrected chi connectivity index (χ2v) is 5.04. The Bertz CT molecular complexity index is 521. The number of carbonyl (C=O) groups is 1. The monoisotopic (exact) mass is 361 g/mol. The second kappa shape index (κ2) is 5.46. The summed E-state index contributed by atoms with van der Waals surface area (Å²) in [5.74, 6) is -0.194. The van der Waals surface area contributed by atoms with Crippen molar-refractivity contribution in [1.82, 2.24) is 25.3 Å². The van der Waals surface area contributed by atoms with Crippen LogP contribution in [0.4, 0.5) is 0 Å². The molecule has 0 spiro atoms. The van der Waals surface area contributed by atoms with Crippen molar-refractivity contribution in [1.29, 1.82) is 0 Å². The molecule has 8 heteroatoms. The molecule has 0 bridgehead atoms. The average Bonchev–Trinajstić information content (AvgIpc) is 2.87. The van der Waals surface area contributed by atoms with Crippen LogP contribution in [-0.2, 0) is 6.54 Å². The van der Waals surface area contributed by atoms with Crippen molar-refractivity contribution in [2.24, 2.45) is 0 Å². The summed E-state index contributed by atoms with van der Waals surface area (Å²) in [7, 11) is 0. The summed E-state index contributed by atoms with van der Waals surface area (Å²) >= 11 is 6.53. The fourth-order valence-electron chi connectivity index (χ4n) is 1.26. The normalized spacial score (nSPS) is 10.5. The third-order valence-electron chi connectivity index (χ3n) is 2.05. The fourth-order valence-corrected chi connectivity index (χ4v) is 1.96. The number of H-pyrrole nitrogens is 1. The molecule has 2 N–H and O–H groups in total. The van der Waals surface area contributed by atoms with E-state index in [1.807, 2.05) is 6.20 Å². The molecular formula is C9H9Br2N5O. The summed E-state index contributed by atoms with van der Waals surface area (Å²) in [4.78, 5) is 11.7. The van der Waals surface area contributed by atoms with Gasteiger partial charge in [-0.05, 0) is 31.9 Å². The highest BCUT2D eigenvalue weighted by Gasteiger charge is 2.10. The van der Waals surface area contributed by atoms with Crippen molar-refractivity contribution in [2.45, 2.75) is 6.54 Å². The van der Waals surface area contributed by atoms with Crippen LogP contribution in [0.15, 0.2) is 27.5 Å². The molecule has 0 aliphatic carbocycles. The fraction of sp³-hybridized carbons (Fsp3) is 0.222. The Hall–Kier alpha value is -1.15. The molecule has 2 heterocycles. The number of aromatic nitrogens is 4. The number of amides is 1. The maximum Gasteiger partial charge on any atom is 0.270 e. The van der Waals surface area contributed by atoms with Gasteiger partial charge in [0.2, 0.25) is 0 Å². The van der Waals surface area contributed by atoms with Gasteiger partial charge in [-0.25, -0.2) is 0 Å². The van der Waals surface area contributed by atoms with Gasteiger partial charge < -0.3 is 5.32 Å².